The Labute approximate surface area is 676 Å². The second-order valence-corrected chi connectivity index (χ2v) is 31.8. The Hall–Kier alpha value is -4.83. The van der Waals surface area contributed by atoms with E-state index in [9.17, 15) is 43.5 Å². The van der Waals surface area contributed by atoms with E-state index in [2.05, 4.69) is 179 Å². The van der Waals surface area contributed by atoms with Crippen LogP contribution in [-0.4, -0.2) is 95.9 Å². The minimum atomic E-state index is -4.95. The first kappa shape index (κ1) is 106. The van der Waals surface area contributed by atoms with Crippen molar-refractivity contribution in [2.75, 3.05) is 39.6 Å². The molecule has 18 heteroatoms. The Balaban J connectivity index is 4.48. The van der Waals surface area contributed by atoms with Crippen LogP contribution >= 0.6 is 15.6 Å². The van der Waals surface area contributed by atoms with Gasteiger partial charge in [-0.25, -0.2) is 9.13 Å². The van der Waals surface area contributed by atoms with E-state index in [1.54, 1.807) is 0 Å². The van der Waals surface area contributed by atoms with Crippen molar-refractivity contribution >= 4 is 33.6 Å². The summed E-state index contributed by atoms with van der Waals surface area (Å²) in [6.45, 7) is 2.41. The van der Waals surface area contributed by atoms with E-state index in [1.807, 2.05) is 0 Å². The normalized spacial score (nSPS) is 14.6. The first-order chi connectivity index (χ1) is 54.2. The van der Waals surface area contributed by atoms with Gasteiger partial charge in [0, 0.05) is 19.3 Å². The summed E-state index contributed by atoms with van der Waals surface area (Å²) in [4.78, 5) is 58.8. The Morgan fingerprint density at radius 3 is 0.757 bits per heavy atom. The number of rotatable bonds is 82. The van der Waals surface area contributed by atoms with Gasteiger partial charge in [0.05, 0.1) is 26.4 Å². The molecular weight excluding hydrogens is 1430 g/mol. The van der Waals surface area contributed by atoms with E-state index in [4.69, 9.17) is 32.3 Å². The molecule has 0 aromatic carbocycles. The van der Waals surface area contributed by atoms with Crippen LogP contribution in [0.1, 0.15) is 355 Å². The van der Waals surface area contributed by atoms with Crippen molar-refractivity contribution in [3.8, 4) is 0 Å². The third-order valence-corrected chi connectivity index (χ3v) is 20.1. The molecule has 5 atom stereocenters. The minimum Gasteiger partial charge on any atom is -0.463 e. The van der Waals surface area contributed by atoms with Crippen LogP contribution in [0, 0.1) is 0 Å². The molecule has 0 aromatic rings. The van der Waals surface area contributed by atoms with Crippen LogP contribution in [0.4, 0.5) is 0 Å². The molecule has 636 valence electrons. The molecule has 0 radical (unpaired) electrons. The van der Waals surface area contributed by atoms with Crippen molar-refractivity contribution in [1.29, 1.82) is 0 Å². The van der Waals surface area contributed by atoms with Crippen LogP contribution in [0.3, 0.4) is 0 Å². The van der Waals surface area contributed by atoms with Gasteiger partial charge in [-0.05, 0) is 148 Å². The van der Waals surface area contributed by atoms with Gasteiger partial charge >= 0.3 is 33.6 Å². The highest BCUT2D eigenvalue weighted by atomic mass is 31.2. The molecule has 0 amide bonds. The lowest BCUT2D eigenvalue weighted by molar-refractivity contribution is -0.161. The first-order valence-electron chi connectivity index (χ1n) is 43.8. The molecule has 0 rings (SSSR count). The summed E-state index contributed by atoms with van der Waals surface area (Å²) >= 11 is 0. The molecular formula is C93H158O16P2. The quantitative estimate of drug-likeness (QED) is 0.0146. The smallest absolute Gasteiger partial charge is 0.463 e. The fourth-order valence-electron chi connectivity index (χ4n) is 11.6. The minimum absolute atomic E-state index is 0.0703. The number of ether oxygens (including phenoxy) is 3. The fraction of sp³-hybridized carbons (Fsp3) is 0.688. The monoisotopic (exact) mass is 1590 g/mol. The second kappa shape index (κ2) is 84.6. The third-order valence-electron chi connectivity index (χ3n) is 18.2. The predicted molar refractivity (Wildman–Crippen MR) is 463 cm³/mol. The molecule has 111 heavy (non-hydrogen) atoms. The molecule has 0 saturated carbocycles. The van der Waals surface area contributed by atoms with E-state index in [0.29, 0.717) is 19.3 Å². The average molecular weight is 1590 g/mol. The summed E-state index contributed by atoms with van der Waals surface area (Å²) in [7, 11) is -9.81. The fourth-order valence-corrected chi connectivity index (χ4v) is 13.2. The van der Waals surface area contributed by atoms with Gasteiger partial charge in [0.2, 0.25) is 0 Å². The van der Waals surface area contributed by atoms with Crippen molar-refractivity contribution in [2.24, 2.45) is 0 Å². The van der Waals surface area contributed by atoms with Gasteiger partial charge in [-0.3, -0.25) is 32.5 Å². The first-order valence-corrected chi connectivity index (χ1v) is 46.8. The lowest BCUT2D eigenvalue weighted by Gasteiger charge is -2.21. The van der Waals surface area contributed by atoms with Crippen LogP contribution in [0.15, 0.2) is 158 Å². The number of esters is 3. The predicted octanol–water partition coefficient (Wildman–Crippen LogP) is 26.5. The number of unbranched alkanes of at least 4 members (excludes halogenated alkanes) is 33. The Morgan fingerprint density at radius 2 is 0.477 bits per heavy atom. The maximum absolute atomic E-state index is 13.0. The molecule has 0 fully saturated rings. The summed E-state index contributed by atoms with van der Waals surface area (Å²) < 4.78 is 61.3. The van der Waals surface area contributed by atoms with Crippen LogP contribution in [0.2, 0.25) is 0 Å². The highest BCUT2D eigenvalue weighted by Gasteiger charge is 2.29. The standard InChI is InChI=1S/C93H158O16P2/c1-4-7-10-13-16-19-22-25-28-31-33-35-37-38-39-40-41-42-43-44-45-46-47-48-50-52-53-56-58-61-64-67-70-73-76-79-91(96)103-82-88(94)83-105-110(99,100)106-84-89(95)85-107-111(101,102)108-87-90(109-93(98)81-78-75-72-69-66-63-60-55-30-27-24-21-18-15-12-9-6-3)86-104-92(97)80-77-74-71-68-65-62-59-57-54-51-49-36-34-32-29-26-23-20-17-14-11-8-5-2/h7,9-10,12,16-21,25-30,33-36,38-39,51,54,60,63,88-90,94-95H,4-6,8,11,13-15,22-24,31-32,37,40-50,52-53,55-59,61-62,64-87H2,1-3H3,(H,99,100)(H,101,102)/b10-7-,12-9-,19-16-,20-17-,21-18-,28-25-,29-26-,30-27-,35-33-,36-34-,39-38-,54-51-,63-60-. The molecule has 0 saturated heterocycles. The zero-order valence-corrected chi connectivity index (χ0v) is 71.6. The van der Waals surface area contributed by atoms with E-state index >= 15 is 0 Å². The van der Waals surface area contributed by atoms with Gasteiger partial charge in [0.1, 0.15) is 25.4 Å². The van der Waals surface area contributed by atoms with Gasteiger partial charge in [0.25, 0.3) is 0 Å². The SMILES string of the molecule is CC/C=C\C/C=C\C/C=C\C/C=C\C/C=C\CCCCCCCCCCCCCCCCCCCCCC(=O)OCC(O)COP(=O)(O)OCC(O)COP(=O)(O)OCC(COC(=O)CCCCCCCCC/C=C\C/C=C\C/C=C\C/C=C\CCCCC)OC(=O)CCCCCC/C=C\C/C=C\C/C=C\C/C=C\CC. The van der Waals surface area contributed by atoms with Crippen LogP contribution < -0.4 is 0 Å². The maximum atomic E-state index is 13.0. The maximum Gasteiger partial charge on any atom is 0.472 e. The summed E-state index contributed by atoms with van der Waals surface area (Å²) in [6, 6.07) is 0. The lowest BCUT2D eigenvalue weighted by Crippen LogP contribution is -2.30. The number of carbonyl (C=O) groups is 3. The highest BCUT2D eigenvalue weighted by Crippen LogP contribution is 2.45. The van der Waals surface area contributed by atoms with Gasteiger partial charge in [-0.1, -0.05) is 346 Å². The number of hydrogen-bond acceptors (Lipinski definition) is 14. The third kappa shape index (κ3) is 85.9. The van der Waals surface area contributed by atoms with Crippen LogP contribution in [-0.2, 0) is 55.8 Å². The van der Waals surface area contributed by atoms with Crippen molar-refractivity contribution in [3.63, 3.8) is 0 Å². The summed E-state index contributed by atoms with van der Waals surface area (Å²) in [5, 5.41) is 20.7. The Morgan fingerprint density at radius 1 is 0.261 bits per heavy atom. The molecule has 5 unspecified atom stereocenters. The van der Waals surface area contributed by atoms with E-state index in [-0.39, 0.29) is 19.3 Å². The highest BCUT2D eigenvalue weighted by molar-refractivity contribution is 7.47. The summed E-state index contributed by atoms with van der Waals surface area (Å²) in [5.41, 5.74) is 0. The second-order valence-electron chi connectivity index (χ2n) is 28.9. The van der Waals surface area contributed by atoms with Gasteiger partial charge in [0.15, 0.2) is 6.10 Å². The molecule has 0 aliphatic carbocycles. The number of phosphoric ester groups is 2. The van der Waals surface area contributed by atoms with E-state index in [0.717, 1.165) is 167 Å². The largest absolute Gasteiger partial charge is 0.472 e. The lowest BCUT2D eigenvalue weighted by atomic mass is 10.0. The Kier molecular flexibility index (Phi) is 80.9. The van der Waals surface area contributed by atoms with Crippen molar-refractivity contribution < 1.29 is 75.8 Å². The molecule has 0 aliphatic rings. The van der Waals surface area contributed by atoms with Crippen molar-refractivity contribution in [1.82, 2.24) is 0 Å². The van der Waals surface area contributed by atoms with Crippen molar-refractivity contribution in [3.05, 3.63) is 158 Å². The zero-order valence-electron chi connectivity index (χ0n) is 69.8. The molecule has 0 aliphatic heterocycles. The molecule has 0 spiro atoms. The summed E-state index contributed by atoms with van der Waals surface area (Å²) in [5.74, 6) is -1.61. The number of phosphoric acid groups is 2. The summed E-state index contributed by atoms with van der Waals surface area (Å²) in [6.07, 6.45) is 107. The van der Waals surface area contributed by atoms with Crippen LogP contribution in [0.25, 0.3) is 0 Å². The van der Waals surface area contributed by atoms with Gasteiger partial charge in [-0.2, -0.15) is 0 Å². The average Bonchev–Trinajstić information content (AvgIpc) is 0.901. The van der Waals surface area contributed by atoms with Gasteiger partial charge in [-0.15, -0.1) is 0 Å². The Bertz CT molecular complexity index is 2650. The number of allylic oxidation sites excluding steroid dienone is 26. The molecule has 4 N–H and O–H groups in total. The number of aliphatic hydroxyl groups is 2. The number of carbonyl (C=O) groups excluding carboxylic acids is 3. The van der Waals surface area contributed by atoms with Crippen LogP contribution in [0.5, 0.6) is 0 Å². The van der Waals surface area contributed by atoms with E-state index in [1.165, 1.54) is 128 Å². The number of hydrogen-bond donors (Lipinski definition) is 4. The molecule has 16 nitrogen and oxygen atoms in total. The van der Waals surface area contributed by atoms with Gasteiger partial charge < -0.3 is 34.2 Å². The zero-order chi connectivity index (χ0) is 80.8. The number of aliphatic hydroxyl groups excluding tert-OH is 2. The topological polar surface area (TPSA) is 231 Å². The molecule has 0 aromatic heterocycles. The van der Waals surface area contributed by atoms with Crippen molar-refractivity contribution in [2.45, 2.75) is 373 Å². The molecule has 0 heterocycles. The van der Waals surface area contributed by atoms with E-state index < -0.39 is 91.5 Å². The molecule has 0 bridgehead atoms.